The van der Waals surface area contributed by atoms with Crippen LogP contribution < -0.4 is 5.73 Å². The van der Waals surface area contributed by atoms with Crippen molar-refractivity contribution in [1.82, 2.24) is 10.1 Å². The van der Waals surface area contributed by atoms with Gasteiger partial charge in [0.25, 0.3) is 5.89 Å². The minimum atomic E-state index is -0.751. The van der Waals surface area contributed by atoms with Gasteiger partial charge in [-0.3, -0.25) is 0 Å². The standard InChI is InChI=1S/C9H15N3O3/c10-3-1-7(13)9-11-8(12-15-9)6-2-4-14-5-6/h6-7,13H,1-5,10H2. The highest BCUT2D eigenvalue weighted by Crippen LogP contribution is 2.24. The number of rotatable bonds is 4. The van der Waals surface area contributed by atoms with Gasteiger partial charge in [0.1, 0.15) is 6.10 Å². The van der Waals surface area contributed by atoms with Gasteiger partial charge in [-0.2, -0.15) is 4.98 Å². The molecule has 6 heteroatoms. The van der Waals surface area contributed by atoms with E-state index in [2.05, 4.69) is 10.1 Å². The summed E-state index contributed by atoms with van der Waals surface area (Å²) < 4.78 is 10.2. The van der Waals surface area contributed by atoms with Gasteiger partial charge in [-0.25, -0.2) is 0 Å². The zero-order valence-corrected chi connectivity index (χ0v) is 8.43. The van der Waals surface area contributed by atoms with E-state index in [9.17, 15) is 5.11 Å². The zero-order chi connectivity index (χ0) is 10.7. The van der Waals surface area contributed by atoms with Crippen molar-refractivity contribution < 1.29 is 14.4 Å². The predicted octanol–water partition coefficient (Wildman–Crippen LogP) is -0.0443. The van der Waals surface area contributed by atoms with Crippen LogP contribution in [-0.4, -0.2) is 35.0 Å². The molecule has 1 aromatic rings. The summed E-state index contributed by atoms with van der Waals surface area (Å²) in [4.78, 5) is 4.15. The second-order valence-corrected chi connectivity index (χ2v) is 3.64. The molecular weight excluding hydrogens is 198 g/mol. The first-order valence-corrected chi connectivity index (χ1v) is 5.10. The Kier molecular flexibility index (Phi) is 3.30. The van der Waals surface area contributed by atoms with Crippen LogP contribution in [0, 0.1) is 0 Å². The molecule has 1 aromatic heterocycles. The molecule has 2 atom stereocenters. The van der Waals surface area contributed by atoms with Crippen molar-refractivity contribution in [3.05, 3.63) is 11.7 Å². The number of aliphatic hydroxyl groups is 1. The van der Waals surface area contributed by atoms with Crippen molar-refractivity contribution in [2.75, 3.05) is 19.8 Å². The van der Waals surface area contributed by atoms with E-state index in [0.717, 1.165) is 13.0 Å². The van der Waals surface area contributed by atoms with Gasteiger partial charge in [0.2, 0.25) is 0 Å². The Labute approximate surface area is 87.4 Å². The monoisotopic (exact) mass is 213 g/mol. The molecule has 0 saturated carbocycles. The Morgan fingerprint density at radius 1 is 1.60 bits per heavy atom. The molecule has 2 heterocycles. The number of aromatic nitrogens is 2. The Balaban J connectivity index is 2.02. The number of hydrogen-bond acceptors (Lipinski definition) is 6. The maximum absolute atomic E-state index is 9.57. The van der Waals surface area contributed by atoms with Crippen molar-refractivity contribution >= 4 is 0 Å². The third-order valence-electron chi connectivity index (χ3n) is 2.48. The van der Waals surface area contributed by atoms with Gasteiger partial charge in [-0.1, -0.05) is 5.16 Å². The molecule has 2 rings (SSSR count). The Morgan fingerprint density at radius 3 is 3.13 bits per heavy atom. The molecule has 1 saturated heterocycles. The van der Waals surface area contributed by atoms with Gasteiger partial charge in [-0.05, 0) is 19.4 Å². The van der Waals surface area contributed by atoms with Crippen LogP contribution in [0.4, 0.5) is 0 Å². The van der Waals surface area contributed by atoms with E-state index in [1.807, 2.05) is 0 Å². The second kappa shape index (κ2) is 4.69. The summed E-state index contributed by atoms with van der Waals surface area (Å²) in [5.74, 6) is 1.08. The van der Waals surface area contributed by atoms with E-state index in [4.69, 9.17) is 15.0 Å². The topological polar surface area (TPSA) is 94.4 Å². The lowest BCUT2D eigenvalue weighted by atomic mass is 10.1. The molecule has 1 aliphatic rings. The quantitative estimate of drug-likeness (QED) is 0.728. The molecule has 3 N–H and O–H groups in total. The van der Waals surface area contributed by atoms with Crippen molar-refractivity contribution in [3.8, 4) is 0 Å². The SMILES string of the molecule is NCCC(O)c1nc(C2CCOC2)no1. The largest absolute Gasteiger partial charge is 0.383 e. The summed E-state index contributed by atoms with van der Waals surface area (Å²) in [7, 11) is 0. The van der Waals surface area contributed by atoms with Crippen molar-refractivity contribution in [3.63, 3.8) is 0 Å². The van der Waals surface area contributed by atoms with Crippen molar-refractivity contribution in [2.45, 2.75) is 24.9 Å². The summed E-state index contributed by atoms with van der Waals surface area (Å²) in [5, 5.41) is 13.4. The normalized spacial score (nSPS) is 23.2. The van der Waals surface area contributed by atoms with E-state index in [-0.39, 0.29) is 11.8 Å². The lowest BCUT2D eigenvalue weighted by molar-refractivity contribution is 0.127. The van der Waals surface area contributed by atoms with Crippen LogP contribution in [0.2, 0.25) is 0 Å². The lowest BCUT2D eigenvalue weighted by Gasteiger charge is -2.01. The molecule has 15 heavy (non-hydrogen) atoms. The first kappa shape index (κ1) is 10.5. The van der Waals surface area contributed by atoms with Gasteiger partial charge in [0.15, 0.2) is 5.82 Å². The minimum Gasteiger partial charge on any atom is -0.383 e. The Bertz CT molecular complexity index is 309. The maximum Gasteiger partial charge on any atom is 0.255 e. The fourth-order valence-electron chi connectivity index (χ4n) is 1.57. The van der Waals surface area contributed by atoms with E-state index in [0.29, 0.717) is 25.4 Å². The number of ether oxygens (including phenoxy) is 1. The third kappa shape index (κ3) is 2.34. The minimum absolute atomic E-state index is 0.201. The molecule has 0 bridgehead atoms. The van der Waals surface area contributed by atoms with Gasteiger partial charge < -0.3 is 20.1 Å². The molecule has 84 valence electrons. The summed E-state index contributed by atoms with van der Waals surface area (Å²) in [5.41, 5.74) is 5.33. The third-order valence-corrected chi connectivity index (χ3v) is 2.48. The fourth-order valence-corrected chi connectivity index (χ4v) is 1.57. The number of aliphatic hydroxyl groups excluding tert-OH is 1. The first-order valence-electron chi connectivity index (χ1n) is 5.10. The summed E-state index contributed by atoms with van der Waals surface area (Å²) in [6.45, 7) is 1.76. The zero-order valence-electron chi connectivity index (χ0n) is 8.43. The van der Waals surface area contributed by atoms with Crippen LogP contribution in [0.5, 0.6) is 0 Å². The van der Waals surface area contributed by atoms with E-state index in [1.54, 1.807) is 0 Å². The van der Waals surface area contributed by atoms with Gasteiger partial charge in [0, 0.05) is 12.5 Å². The van der Waals surface area contributed by atoms with Crippen molar-refractivity contribution in [1.29, 1.82) is 0 Å². The Morgan fingerprint density at radius 2 is 2.47 bits per heavy atom. The molecule has 6 nitrogen and oxygen atoms in total. The fraction of sp³-hybridized carbons (Fsp3) is 0.778. The van der Waals surface area contributed by atoms with Crippen molar-refractivity contribution in [2.24, 2.45) is 5.73 Å². The van der Waals surface area contributed by atoms with Crippen LogP contribution in [0.15, 0.2) is 4.52 Å². The van der Waals surface area contributed by atoms with Gasteiger partial charge >= 0.3 is 0 Å². The molecule has 0 spiro atoms. The van der Waals surface area contributed by atoms with E-state index >= 15 is 0 Å². The predicted molar refractivity (Wildman–Crippen MR) is 51.1 cm³/mol. The molecule has 1 fully saturated rings. The molecule has 0 aliphatic carbocycles. The number of nitrogens with two attached hydrogens (primary N) is 1. The highest BCUT2D eigenvalue weighted by molar-refractivity contribution is 4.98. The molecule has 2 unspecified atom stereocenters. The van der Waals surface area contributed by atoms with Crippen LogP contribution >= 0.6 is 0 Å². The summed E-state index contributed by atoms with van der Waals surface area (Å²) in [6.07, 6.45) is 0.591. The first-order chi connectivity index (χ1) is 7.31. The highest BCUT2D eigenvalue weighted by atomic mass is 16.5. The molecule has 1 aliphatic heterocycles. The summed E-state index contributed by atoms with van der Waals surface area (Å²) in [6, 6.07) is 0. The molecule has 0 amide bonds. The molecule has 0 radical (unpaired) electrons. The van der Waals surface area contributed by atoms with Crippen LogP contribution in [0.3, 0.4) is 0 Å². The number of hydrogen-bond donors (Lipinski definition) is 2. The lowest BCUT2D eigenvalue weighted by Crippen LogP contribution is -2.07. The highest BCUT2D eigenvalue weighted by Gasteiger charge is 2.24. The Hall–Kier alpha value is -0.980. The molecular formula is C9H15N3O3. The van der Waals surface area contributed by atoms with Crippen LogP contribution in [-0.2, 0) is 4.74 Å². The number of nitrogens with zero attached hydrogens (tertiary/aromatic N) is 2. The average Bonchev–Trinajstić information content (AvgIpc) is 2.89. The van der Waals surface area contributed by atoms with Gasteiger partial charge in [-0.15, -0.1) is 0 Å². The smallest absolute Gasteiger partial charge is 0.255 e. The van der Waals surface area contributed by atoms with Crippen LogP contribution in [0.25, 0.3) is 0 Å². The van der Waals surface area contributed by atoms with Crippen LogP contribution in [0.1, 0.15) is 36.6 Å². The maximum atomic E-state index is 9.57. The second-order valence-electron chi connectivity index (χ2n) is 3.64. The van der Waals surface area contributed by atoms with E-state index < -0.39 is 6.10 Å². The summed E-state index contributed by atoms with van der Waals surface area (Å²) >= 11 is 0. The molecule has 0 aromatic carbocycles. The average molecular weight is 213 g/mol. The van der Waals surface area contributed by atoms with E-state index in [1.165, 1.54) is 0 Å². The van der Waals surface area contributed by atoms with Gasteiger partial charge in [0.05, 0.1) is 6.61 Å².